The monoisotopic (exact) mass is 378 g/mol. The SMILES string of the molecule is CCCNS(=O)(=O)c1ccc(NC(=O)CSCc2ccccc2)cc1. The van der Waals surface area contributed by atoms with Gasteiger partial charge < -0.3 is 5.32 Å². The molecule has 0 atom stereocenters. The molecule has 2 rings (SSSR count). The van der Waals surface area contributed by atoms with Crippen LogP contribution in [0.1, 0.15) is 18.9 Å². The number of hydrogen-bond acceptors (Lipinski definition) is 4. The van der Waals surface area contributed by atoms with Crippen LogP contribution in [0, 0.1) is 0 Å². The van der Waals surface area contributed by atoms with Gasteiger partial charge in [-0.2, -0.15) is 0 Å². The van der Waals surface area contributed by atoms with Gasteiger partial charge in [-0.15, -0.1) is 11.8 Å². The van der Waals surface area contributed by atoms with E-state index in [4.69, 9.17) is 0 Å². The van der Waals surface area contributed by atoms with Gasteiger partial charge in [-0.1, -0.05) is 37.3 Å². The van der Waals surface area contributed by atoms with Crippen molar-refractivity contribution in [3.63, 3.8) is 0 Å². The van der Waals surface area contributed by atoms with Crippen molar-refractivity contribution in [2.75, 3.05) is 17.6 Å². The van der Waals surface area contributed by atoms with Crippen molar-refractivity contribution in [2.24, 2.45) is 0 Å². The van der Waals surface area contributed by atoms with Gasteiger partial charge in [-0.05, 0) is 36.2 Å². The summed E-state index contributed by atoms with van der Waals surface area (Å²) in [5.41, 5.74) is 1.76. The smallest absolute Gasteiger partial charge is 0.240 e. The molecule has 5 nitrogen and oxygen atoms in total. The van der Waals surface area contributed by atoms with Gasteiger partial charge in [0.15, 0.2) is 0 Å². The molecule has 2 N–H and O–H groups in total. The van der Waals surface area contributed by atoms with Gasteiger partial charge >= 0.3 is 0 Å². The summed E-state index contributed by atoms with van der Waals surface area (Å²) >= 11 is 1.53. The highest BCUT2D eigenvalue weighted by molar-refractivity contribution is 7.99. The van der Waals surface area contributed by atoms with Crippen molar-refractivity contribution in [3.05, 3.63) is 60.2 Å². The zero-order valence-corrected chi connectivity index (χ0v) is 15.7. The summed E-state index contributed by atoms with van der Waals surface area (Å²) in [6.45, 7) is 2.30. The van der Waals surface area contributed by atoms with Crippen LogP contribution in [-0.2, 0) is 20.6 Å². The average Bonchev–Trinajstić information content (AvgIpc) is 2.61. The number of benzene rings is 2. The zero-order valence-electron chi connectivity index (χ0n) is 14.1. The lowest BCUT2D eigenvalue weighted by molar-refractivity contribution is -0.113. The minimum atomic E-state index is -3.48. The number of carbonyl (C=O) groups is 1. The molecule has 0 aliphatic heterocycles. The first kappa shape index (κ1) is 19.5. The van der Waals surface area contributed by atoms with Crippen LogP contribution in [0.4, 0.5) is 5.69 Å². The number of rotatable bonds is 9. The minimum Gasteiger partial charge on any atom is -0.325 e. The number of amides is 1. The Morgan fingerprint density at radius 3 is 2.36 bits per heavy atom. The van der Waals surface area contributed by atoms with Gasteiger partial charge in [-0.3, -0.25) is 4.79 Å². The Bertz CT molecular complexity index is 776. The van der Waals surface area contributed by atoms with Crippen molar-refractivity contribution in [1.29, 1.82) is 0 Å². The highest BCUT2D eigenvalue weighted by Crippen LogP contribution is 2.16. The van der Waals surface area contributed by atoms with Gasteiger partial charge in [0.25, 0.3) is 0 Å². The van der Waals surface area contributed by atoms with Gasteiger partial charge in [0, 0.05) is 18.0 Å². The maximum Gasteiger partial charge on any atom is 0.240 e. The predicted octanol–water partition coefficient (Wildman–Crippen LogP) is 3.25. The van der Waals surface area contributed by atoms with Crippen molar-refractivity contribution >= 4 is 33.4 Å². The van der Waals surface area contributed by atoms with Gasteiger partial charge in [0.2, 0.25) is 15.9 Å². The molecule has 25 heavy (non-hydrogen) atoms. The lowest BCUT2D eigenvalue weighted by atomic mass is 10.2. The maximum absolute atomic E-state index is 12.0. The summed E-state index contributed by atoms with van der Waals surface area (Å²) < 4.78 is 26.5. The van der Waals surface area contributed by atoms with Crippen molar-refractivity contribution in [3.8, 4) is 0 Å². The van der Waals surface area contributed by atoms with Crippen molar-refractivity contribution in [1.82, 2.24) is 4.72 Å². The normalized spacial score (nSPS) is 11.2. The first-order valence-electron chi connectivity index (χ1n) is 8.02. The molecule has 0 unspecified atom stereocenters. The Hall–Kier alpha value is -1.83. The van der Waals surface area contributed by atoms with Crippen LogP contribution < -0.4 is 10.0 Å². The molecule has 0 aromatic heterocycles. The Balaban J connectivity index is 1.83. The standard InChI is InChI=1S/C18H22N2O3S2/c1-2-12-19-25(22,23)17-10-8-16(9-11-17)20-18(21)14-24-13-15-6-4-3-5-7-15/h3-11,19H,2,12-14H2,1H3,(H,20,21). The molecule has 1 amide bonds. The van der Waals surface area contributed by atoms with Gasteiger partial charge in [0.1, 0.15) is 0 Å². The van der Waals surface area contributed by atoms with Crippen molar-refractivity contribution < 1.29 is 13.2 Å². The lowest BCUT2D eigenvalue weighted by Crippen LogP contribution is -2.24. The summed E-state index contributed by atoms with van der Waals surface area (Å²) in [4.78, 5) is 12.2. The van der Waals surface area contributed by atoms with Crippen LogP contribution in [-0.4, -0.2) is 26.6 Å². The van der Waals surface area contributed by atoms with Gasteiger partial charge in [-0.25, -0.2) is 13.1 Å². The van der Waals surface area contributed by atoms with Crippen LogP contribution in [0.3, 0.4) is 0 Å². The van der Waals surface area contributed by atoms with E-state index < -0.39 is 10.0 Å². The molecule has 2 aromatic rings. The van der Waals surface area contributed by atoms with Crippen LogP contribution in [0.25, 0.3) is 0 Å². The summed E-state index contributed by atoms with van der Waals surface area (Å²) in [6, 6.07) is 16.1. The second kappa shape index (κ2) is 9.60. The molecule has 0 saturated heterocycles. The minimum absolute atomic E-state index is 0.111. The van der Waals surface area contributed by atoms with E-state index >= 15 is 0 Å². The molecule has 0 saturated carbocycles. The molecule has 0 heterocycles. The molecular formula is C18H22N2O3S2. The number of hydrogen-bond donors (Lipinski definition) is 2. The third kappa shape index (κ3) is 6.53. The fourth-order valence-corrected chi connectivity index (χ4v) is 3.99. The van der Waals surface area contributed by atoms with E-state index in [2.05, 4.69) is 10.0 Å². The molecule has 0 radical (unpaired) electrons. The fraction of sp³-hybridized carbons (Fsp3) is 0.278. The molecule has 0 spiro atoms. The Morgan fingerprint density at radius 2 is 1.72 bits per heavy atom. The van der Waals surface area contributed by atoms with E-state index in [0.29, 0.717) is 18.0 Å². The average molecular weight is 379 g/mol. The molecule has 2 aromatic carbocycles. The number of anilines is 1. The van der Waals surface area contributed by atoms with E-state index in [9.17, 15) is 13.2 Å². The molecule has 0 aliphatic carbocycles. The Labute approximate surface area is 153 Å². The predicted molar refractivity (Wildman–Crippen MR) is 103 cm³/mol. The largest absolute Gasteiger partial charge is 0.325 e. The second-order valence-electron chi connectivity index (χ2n) is 5.45. The number of thioether (sulfide) groups is 1. The number of sulfonamides is 1. The quantitative estimate of drug-likeness (QED) is 0.702. The first-order valence-corrected chi connectivity index (χ1v) is 10.7. The zero-order chi connectivity index (χ0) is 18.1. The van der Waals surface area contributed by atoms with E-state index in [-0.39, 0.29) is 10.8 Å². The Morgan fingerprint density at radius 1 is 1.04 bits per heavy atom. The van der Waals surface area contributed by atoms with Crippen LogP contribution >= 0.6 is 11.8 Å². The number of nitrogens with one attached hydrogen (secondary N) is 2. The summed E-state index contributed by atoms with van der Waals surface area (Å²) in [5.74, 6) is 1.00. The summed E-state index contributed by atoms with van der Waals surface area (Å²) in [7, 11) is -3.48. The lowest BCUT2D eigenvalue weighted by Gasteiger charge is -2.08. The fourth-order valence-electron chi connectivity index (χ4n) is 2.07. The molecule has 7 heteroatoms. The van der Waals surface area contributed by atoms with E-state index in [1.54, 1.807) is 12.1 Å². The molecule has 0 fully saturated rings. The van der Waals surface area contributed by atoms with E-state index in [0.717, 1.165) is 12.2 Å². The summed E-state index contributed by atoms with van der Waals surface area (Å²) in [5, 5.41) is 2.78. The Kier molecular flexibility index (Phi) is 7.49. The third-order valence-corrected chi connectivity index (χ3v) is 5.82. The summed E-state index contributed by atoms with van der Waals surface area (Å²) in [6.07, 6.45) is 0.730. The van der Waals surface area contributed by atoms with E-state index in [1.807, 2.05) is 37.3 Å². The van der Waals surface area contributed by atoms with E-state index in [1.165, 1.54) is 29.5 Å². The molecule has 0 bridgehead atoms. The second-order valence-corrected chi connectivity index (χ2v) is 8.20. The van der Waals surface area contributed by atoms with Crippen LogP contribution in [0.5, 0.6) is 0 Å². The van der Waals surface area contributed by atoms with Crippen LogP contribution in [0.15, 0.2) is 59.5 Å². The maximum atomic E-state index is 12.0. The number of carbonyl (C=O) groups excluding carboxylic acids is 1. The first-order chi connectivity index (χ1) is 12.0. The molecule has 134 valence electrons. The molecular weight excluding hydrogens is 356 g/mol. The van der Waals surface area contributed by atoms with Crippen molar-refractivity contribution in [2.45, 2.75) is 24.0 Å². The third-order valence-electron chi connectivity index (χ3n) is 3.34. The van der Waals surface area contributed by atoms with Gasteiger partial charge in [0.05, 0.1) is 10.6 Å². The topological polar surface area (TPSA) is 75.3 Å². The highest BCUT2D eigenvalue weighted by atomic mass is 32.2. The highest BCUT2D eigenvalue weighted by Gasteiger charge is 2.12. The van der Waals surface area contributed by atoms with Crippen LogP contribution in [0.2, 0.25) is 0 Å². The molecule has 0 aliphatic rings.